The van der Waals surface area contributed by atoms with Gasteiger partial charge >= 0.3 is 6.03 Å². The fraction of sp³-hybridized carbons (Fsp3) is 0.316. The van der Waals surface area contributed by atoms with E-state index in [1.807, 2.05) is 0 Å². The zero-order valence-electron chi connectivity index (χ0n) is 15.4. The van der Waals surface area contributed by atoms with Crippen LogP contribution in [0.4, 0.5) is 9.18 Å². The van der Waals surface area contributed by atoms with Gasteiger partial charge in [0.25, 0.3) is 0 Å². The highest BCUT2D eigenvalue weighted by atomic mass is 35.5. The second-order valence-electron chi connectivity index (χ2n) is 6.61. The molecular weight excluding hydrogens is 440 g/mol. The van der Waals surface area contributed by atoms with Gasteiger partial charge in [-0.05, 0) is 48.4 Å². The fourth-order valence-electron chi connectivity index (χ4n) is 3.09. The molecule has 1 fully saturated rings. The highest BCUT2D eigenvalue weighted by Crippen LogP contribution is 2.20. The standard InChI is InChI=1S/C19H20Cl2FN3O3S/c20-15-10-14(11-16(21)12-15)4-5-23-19(26)24-6-8-25(9-7-24)29(27,28)18-3-1-2-17(22)13-18/h1-3,10-13H,4-9H2,(H,23,26). The van der Waals surface area contributed by atoms with Crippen LogP contribution < -0.4 is 5.32 Å². The van der Waals surface area contributed by atoms with Crippen molar-refractivity contribution in [1.82, 2.24) is 14.5 Å². The van der Waals surface area contributed by atoms with E-state index in [1.165, 1.54) is 22.5 Å². The molecule has 1 aliphatic heterocycles. The number of carbonyl (C=O) groups is 1. The largest absolute Gasteiger partial charge is 0.338 e. The number of nitrogens with zero attached hydrogens (tertiary/aromatic N) is 2. The van der Waals surface area contributed by atoms with Gasteiger partial charge in [0.2, 0.25) is 10.0 Å². The highest BCUT2D eigenvalue weighted by Gasteiger charge is 2.30. The number of carbonyl (C=O) groups excluding carboxylic acids is 1. The van der Waals surface area contributed by atoms with Crippen LogP contribution >= 0.6 is 23.2 Å². The Balaban J connectivity index is 1.50. The lowest BCUT2D eigenvalue weighted by Crippen LogP contribution is -2.53. The molecule has 3 rings (SSSR count). The number of piperazine rings is 1. The number of nitrogens with one attached hydrogen (secondary N) is 1. The monoisotopic (exact) mass is 459 g/mol. The summed E-state index contributed by atoms with van der Waals surface area (Å²) in [4.78, 5) is 13.8. The lowest BCUT2D eigenvalue weighted by Gasteiger charge is -2.34. The first-order valence-corrected chi connectivity index (χ1v) is 11.2. The Labute approximate surface area is 179 Å². The maximum Gasteiger partial charge on any atom is 0.317 e. The number of urea groups is 1. The van der Waals surface area contributed by atoms with E-state index in [0.717, 1.165) is 11.6 Å². The molecule has 0 saturated carbocycles. The molecule has 0 atom stereocenters. The van der Waals surface area contributed by atoms with Crippen molar-refractivity contribution in [2.45, 2.75) is 11.3 Å². The SMILES string of the molecule is O=C(NCCc1cc(Cl)cc(Cl)c1)N1CCN(S(=O)(=O)c2cccc(F)c2)CC1. The molecule has 6 nitrogen and oxygen atoms in total. The molecular formula is C19H20Cl2FN3O3S. The zero-order valence-corrected chi connectivity index (χ0v) is 17.8. The van der Waals surface area contributed by atoms with Crippen LogP contribution in [0.3, 0.4) is 0 Å². The van der Waals surface area contributed by atoms with Crippen molar-refractivity contribution < 1.29 is 17.6 Å². The lowest BCUT2D eigenvalue weighted by atomic mass is 10.1. The van der Waals surface area contributed by atoms with Crippen molar-refractivity contribution in [1.29, 1.82) is 0 Å². The lowest BCUT2D eigenvalue weighted by molar-refractivity contribution is 0.172. The van der Waals surface area contributed by atoms with Crippen molar-refractivity contribution >= 4 is 39.3 Å². The van der Waals surface area contributed by atoms with Crippen LogP contribution in [0.1, 0.15) is 5.56 Å². The average molecular weight is 460 g/mol. The topological polar surface area (TPSA) is 69.7 Å². The molecule has 2 amide bonds. The molecule has 0 spiro atoms. The minimum atomic E-state index is -3.78. The van der Waals surface area contributed by atoms with Crippen molar-refractivity contribution in [3.8, 4) is 0 Å². The highest BCUT2D eigenvalue weighted by molar-refractivity contribution is 7.89. The Morgan fingerprint density at radius 2 is 1.69 bits per heavy atom. The van der Waals surface area contributed by atoms with Crippen LogP contribution in [0.15, 0.2) is 47.4 Å². The second-order valence-corrected chi connectivity index (χ2v) is 9.42. The molecule has 0 radical (unpaired) electrons. The Kier molecular flexibility index (Phi) is 7.00. The average Bonchev–Trinajstić information content (AvgIpc) is 2.67. The summed E-state index contributed by atoms with van der Waals surface area (Å²) in [5.41, 5.74) is 0.911. The van der Waals surface area contributed by atoms with E-state index in [0.29, 0.717) is 23.0 Å². The first kappa shape index (κ1) is 21.8. The summed E-state index contributed by atoms with van der Waals surface area (Å²) >= 11 is 11.9. The molecule has 10 heteroatoms. The Hall–Kier alpha value is -1.87. The van der Waals surface area contributed by atoms with Gasteiger partial charge in [0.15, 0.2) is 0 Å². The number of rotatable bonds is 5. The molecule has 156 valence electrons. The van der Waals surface area contributed by atoms with Gasteiger partial charge in [0, 0.05) is 42.8 Å². The van der Waals surface area contributed by atoms with Gasteiger partial charge in [-0.2, -0.15) is 4.31 Å². The van der Waals surface area contributed by atoms with Crippen LogP contribution in [0, 0.1) is 5.82 Å². The van der Waals surface area contributed by atoms with Crippen molar-refractivity contribution in [3.05, 3.63) is 63.9 Å². The summed E-state index contributed by atoms with van der Waals surface area (Å²) in [7, 11) is -3.78. The molecule has 1 heterocycles. The summed E-state index contributed by atoms with van der Waals surface area (Å²) in [6.45, 7) is 1.20. The first-order chi connectivity index (χ1) is 13.8. The van der Waals surface area contributed by atoms with E-state index < -0.39 is 15.8 Å². The molecule has 1 saturated heterocycles. The molecule has 0 aliphatic carbocycles. The minimum Gasteiger partial charge on any atom is -0.338 e. The van der Waals surface area contributed by atoms with Gasteiger partial charge in [-0.15, -0.1) is 0 Å². The third-order valence-electron chi connectivity index (χ3n) is 4.57. The van der Waals surface area contributed by atoms with Gasteiger partial charge in [0.1, 0.15) is 5.82 Å². The smallest absolute Gasteiger partial charge is 0.317 e. The maximum atomic E-state index is 13.4. The minimum absolute atomic E-state index is 0.0874. The Bertz CT molecular complexity index is 976. The van der Waals surface area contributed by atoms with E-state index in [9.17, 15) is 17.6 Å². The first-order valence-electron chi connectivity index (χ1n) is 8.99. The predicted molar refractivity (Wildman–Crippen MR) is 110 cm³/mol. The fourth-order valence-corrected chi connectivity index (χ4v) is 5.11. The Morgan fingerprint density at radius 1 is 1.03 bits per heavy atom. The summed E-state index contributed by atoms with van der Waals surface area (Å²) in [5, 5.41) is 3.89. The van der Waals surface area contributed by atoms with E-state index in [2.05, 4.69) is 5.32 Å². The molecule has 0 bridgehead atoms. The number of amides is 2. The van der Waals surface area contributed by atoms with E-state index in [4.69, 9.17) is 23.2 Å². The van der Waals surface area contributed by atoms with Crippen LogP contribution in [-0.4, -0.2) is 56.4 Å². The number of benzene rings is 2. The van der Waals surface area contributed by atoms with E-state index >= 15 is 0 Å². The van der Waals surface area contributed by atoms with Gasteiger partial charge in [0.05, 0.1) is 4.90 Å². The normalized spacial score (nSPS) is 15.3. The van der Waals surface area contributed by atoms with Gasteiger partial charge in [-0.1, -0.05) is 29.3 Å². The molecule has 2 aromatic carbocycles. The predicted octanol–water partition coefficient (Wildman–Crippen LogP) is 3.39. The van der Waals surface area contributed by atoms with Crippen molar-refractivity contribution in [2.75, 3.05) is 32.7 Å². The molecule has 1 N–H and O–H groups in total. The summed E-state index contributed by atoms with van der Waals surface area (Å²) in [5.74, 6) is -0.606. The van der Waals surface area contributed by atoms with Crippen LogP contribution in [-0.2, 0) is 16.4 Å². The zero-order chi connectivity index (χ0) is 21.0. The van der Waals surface area contributed by atoms with Crippen LogP contribution in [0.2, 0.25) is 10.0 Å². The number of hydrogen-bond donors (Lipinski definition) is 1. The van der Waals surface area contributed by atoms with Gasteiger partial charge in [-0.3, -0.25) is 0 Å². The van der Waals surface area contributed by atoms with E-state index in [1.54, 1.807) is 23.1 Å². The summed E-state index contributed by atoms with van der Waals surface area (Å²) < 4.78 is 39.9. The molecule has 0 unspecified atom stereocenters. The van der Waals surface area contributed by atoms with Crippen molar-refractivity contribution in [3.63, 3.8) is 0 Å². The molecule has 0 aromatic heterocycles. The van der Waals surface area contributed by atoms with E-state index in [-0.39, 0.29) is 37.1 Å². The van der Waals surface area contributed by atoms with Crippen LogP contribution in [0.25, 0.3) is 0 Å². The Morgan fingerprint density at radius 3 is 2.31 bits per heavy atom. The second kappa shape index (κ2) is 9.30. The van der Waals surface area contributed by atoms with Gasteiger partial charge < -0.3 is 10.2 Å². The summed E-state index contributed by atoms with van der Waals surface area (Å²) in [6.07, 6.45) is 0.569. The molecule has 2 aromatic rings. The van der Waals surface area contributed by atoms with Crippen molar-refractivity contribution in [2.24, 2.45) is 0 Å². The number of sulfonamides is 1. The number of halogens is 3. The third kappa shape index (κ3) is 5.60. The van der Waals surface area contributed by atoms with Gasteiger partial charge in [-0.25, -0.2) is 17.6 Å². The quantitative estimate of drug-likeness (QED) is 0.744. The third-order valence-corrected chi connectivity index (χ3v) is 6.90. The number of hydrogen-bond acceptors (Lipinski definition) is 3. The maximum absolute atomic E-state index is 13.4. The molecule has 29 heavy (non-hydrogen) atoms. The summed E-state index contributed by atoms with van der Waals surface area (Å²) in [6, 6.07) is 9.86. The van der Waals surface area contributed by atoms with Crippen LogP contribution in [0.5, 0.6) is 0 Å². The molecule has 1 aliphatic rings.